The van der Waals surface area contributed by atoms with Crippen molar-refractivity contribution in [2.45, 2.75) is 33.4 Å². The lowest BCUT2D eigenvalue weighted by molar-refractivity contribution is -0.660. The van der Waals surface area contributed by atoms with Gasteiger partial charge in [-0.05, 0) is 49.0 Å². The molecular weight excluding hydrogens is 332 g/mol. The van der Waals surface area contributed by atoms with E-state index in [1.165, 1.54) is 13.1 Å². The number of aromatic nitrogens is 1. The molecule has 0 aliphatic rings. The minimum Gasteiger partial charge on any atom is -0.455 e. The summed E-state index contributed by atoms with van der Waals surface area (Å²) in [5.74, 6) is -3.53. The van der Waals surface area contributed by atoms with Gasteiger partial charge in [-0.3, -0.25) is 0 Å². The maximum atomic E-state index is 9.48. The molecular formula is C24H23N2O+. The van der Waals surface area contributed by atoms with E-state index in [9.17, 15) is 5.26 Å². The molecule has 0 spiro atoms. The van der Waals surface area contributed by atoms with Crippen LogP contribution in [0.2, 0.25) is 0 Å². The molecule has 0 radical (unpaired) electrons. The van der Waals surface area contributed by atoms with Gasteiger partial charge >= 0.3 is 0 Å². The Hall–Kier alpha value is -3.12. The molecule has 27 heavy (non-hydrogen) atoms. The normalized spacial score (nSPS) is 19.7. The Balaban J connectivity index is 2.23. The van der Waals surface area contributed by atoms with Gasteiger partial charge in [0.15, 0.2) is 11.8 Å². The summed E-state index contributed by atoms with van der Waals surface area (Å²) in [5.41, 5.74) is -0.382. The standard InChI is InChI=1S/C24H23N2O/c1-14(2)20-11-21(26(5)13-15(20)3)18-9-10-22-23(16(18)4)19-8-6-7-17(12-25)24(19)27-22/h6-11,13-14H,1-5H3/q+1/i1D3,2D3,3D3,11D,13D,14D. The lowest BCUT2D eigenvalue weighted by Crippen LogP contribution is -2.32. The number of rotatable bonds is 2. The summed E-state index contributed by atoms with van der Waals surface area (Å²) < 4.78 is 105. The van der Waals surface area contributed by atoms with Crippen LogP contribution in [-0.4, -0.2) is 0 Å². The van der Waals surface area contributed by atoms with Crippen molar-refractivity contribution in [2.24, 2.45) is 7.05 Å². The first-order chi connectivity index (χ1) is 17.8. The third-order valence-corrected chi connectivity index (χ3v) is 4.66. The summed E-state index contributed by atoms with van der Waals surface area (Å²) in [4.78, 5) is 0. The SMILES string of the molecule is [2H]c1c(C([2H])(C([2H])([2H])[2H])C([2H])([2H])[2H])c(C([2H])([2H])[2H])c([2H])[n+](C)c1-c1ccc2oc3c(C#N)cccc3c2c1C. The first-order valence-electron chi connectivity index (χ1n) is 14.2. The average Bonchev–Trinajstić information content (AvgIpc) is 3.19. The van der Waals surface area contributed by atoms with Crippen LogP contribution in [0.4, 0.5) is 0 Å². The molecule has 134 valence electrons. The number of hydrogen-bond acceptors (Lipinski definition) is 2. The number of fused-ring (bicyclic) bond motifs is 3. The molecule has 2 aromatic carbocycles. The van der Waals surface area contributed by atoms with Crippen LogP contribution in [0.1, 0.15) is 58.3 Å². The molecule has 3 heteroatoms. The van der Waals surface area contributed by atoms with Crippen molar-refractivity contribution < 1.29 is 25.4 Å². The Labute approximate surface area is 176 Å². The van der Waals surface area contributed by atoms with E-state index >= 15 is 0 Å². The van der Waals surface area contributed by atoms with Gasteiger partial charge in [-0.2, -0.15) is 5.26 Å². The van der Waals surface area contributed by atoms with E-state index in [2.05, 4.69) is 6.07 Å². The fourth-order valence-electron chi connectivity index (χ4n) is 3.38. The Kier molecular flexibility index (Phi) is 1.91. The fourth-order valence-corrected chi connectivity index (χ4v) is 3.38. The molecule has 2 heterocycles. The van der Waals surface area contributed by atoms with Crippen LogP contribution in [0.25, 0.3) is 33.2 Å². The van der Waals surface area contributed by atoms with Crippen LogP contribution >= 0.6 is 0 Å². The molecule has 2 aromatic heterocycles. The highest BCUT2D eigenvalue weighted by atomic mass is 16.3. The van der Waals surface area contributed by atoms with E-state index in [0.717, 1.165) is 4.57 Å². The Morgan fingerprint density at radius 2 is 2.15 bits per heavy atom. The van der Waals surface area contributed by atoms with Crippen molar-refractivity contribution in [3.05, 3.63) is 64.8 Å². The van der Waals surface area contributed by atoms with Gasteiger partial charge in [-0.1, -0.05) is 25.8 Å². The topological polar surface area (TPSA) is 40.8 Å². The minimum atomic E-state index is -3.58. The second-order valence-electron chi connectivity index (χ2n) is 6.28. The number of pyridine rings is 1. The molecule has 4 aromatic rings. The maximum Gasteiger partial charge on any atom is 0.212 e. The third kappa shape index (κ3) is 2.61. The van der Waals surface area contributed by atoms with Gasteiger partial charge < -0.3 is 4.42 Å². The summed E-state index contributed by atoms with van der Waals surface area (Å²) >= 11 is 0. The molecule has 0 saturated carbocycles. The van der Waals surface area contributed by atoms with Gasteiger partial charge in [0.2, 0.25) is 5.69 Å². The fraction of sp³-hybridized carbons (Fsp3) is 0.250. The van der Waals surface area contributed by atoms with Crippen molar-refractivity contribution in [1.29, 1.82) is 5.26 Å². The second-order valence-corrected chi connectivity index (χ2v) is 6.28. The molecule has 0 amide bonds. The van der Waals surface area contributed by atoms with Crippen molar-refractivity contribution >= 4 is 21.9 Å². The van der Waals surface area contributed by atoms with Gasteiger partial charge in [-0.15, -0.1) is 0 Å². The molecule has 0 atom stereocenters. The average molecular weight is 368 g/mol. The lowest BCUT2D eigenvalue weighted by atomic mass is 9.94. The minimum absolute atomic E-state index is 0.140. The molecule has 0 bridgehead atoms. The number of para-hydroxylation sites is 1. The van der Waals surface area contributed by atoms with E-state index in [0.29, 0.717) is 33.1 Å². The number of nitrogens with zero attached hydrogens (tertiary/aromatic N) is 2. The molecule has 4 rings (SSSR count). The van der Waals surface area contributed by atoms with Crippen molar-refractivity contribution in [3.63, 3.8) is 0 Å². The number of aryl methyl sites for hydroxylation is 1. The quantitative estimate of drug-likeness (QED) is 0.427. The van der Waals surface area contributed by atoms with Crippen LogP contribution in [0, 0.1) is 25.1 Å². The van der Waals surface area contributed by atoms with Crippen molar-refractivity contribution in [3.8, 4) is 17.3 Å². The van der Waals surface area contributed by atoms with Crippen molar-refractivity contribution in [2.75, 3.05) is 0 Å². The molecule has 0 aliphatic carbocycles. The van der Waals surface area contributed by atoms with E-state index in [1.54, 1.807) is 31.2 Å². The van der Waals surface area contributed by atoms with Crippen LogP contribution in [-0.2, 0) is 7.05 Å². The first-order valence-corrected chi connectivity index (χ1v) is 8.18. The van der Waals surface area contributed by atoms with Gasteiger partial charge in [0.05, 0.1) is 6.93 Å². The van der Waals surface area contributed by atoms with Gasteiger partial charge in [0, 0.05) is 41.6 Å². The Bertz CT molecular complexity index is 1670. The number of furan rings is 1. The molecule has 0 aliphatic heterocycles. The number of benzene rings is 2. The summed E-state index contributed by atoms with van der Waals surface area (Å²) in [7, 11) is 1.32. The predicted octanol–water partition coefficient (Wildman–Crippen LogP) is 5.69. The molecule has 0 saturated heterocycles. The van der Waals surface area contributed by atoms with E-state index < -0.39 is 49.8 Å². The monoisotopic (exact) mass is 367 g/mol. The van der Waals surface area contributed by atoms with Crippen LogP contribution in [0.3, 0.4) is 0 Å². The Morgan fingerprint density at radius 1 is 1.30 bits per heavy atom. The first kappa shape index (κ1) is 8.27. The van der Waals surface area contributed by atoms with E-state index in [-0.39, 0.29) is 11.3 Å². The highest BCUT2D eigenvalue weighted by Crippen LogP contribution is 2.37. The molecule has 3 nitrogen and oxygen atoms in total. The lowest BCUT2D eigenvalue weighted by Gasteiger charge is -2.12. The smallest absolute Gasteiger partial charge is 0.212 e. The molecule has 0 N–H and O–H groups in total. The summed E-state index contributed by atoms with van der Waals surface area (Å²) in [6.45, 7) is -8.68. The predicted molar refractivity (Wildman–Crippen MR) is 109 cm³/mol. The molecule has 0 unspecified atom stereocenters. The molecule has 0 fully saturated rings. The maximum absolute atomic E-state index is 9.48. The zero-order valence-corrected chi connectivity index (χ0v) is 14.7. The van der Waals surface area contributed by atoms with Crippen LogP contribution < -0.4 is 4.57 Å². The second kappa shape index (κ2) is 6.25. The van der Waals surface area contributed by atoms with Gasteiger partial charge in [-0.25, -0.2) is 4.57 Å². The highest BCUT2D eigenvalue weighted by Gasteiger charge is 2.21. The van der Waals surface area contributed by atoms with Gasteiger partial charge in [0.25, 0.3) is 0 Å². The Morgan fingerprint density at radius 3 is 2.89 bits per heavy atom. The highest BCUT2D eigenvalue weighted by molar-refractivity contribution is 6.09. The zero-order chi connectivity index (χ0) is 29.5. The number of hydrogen-bond donors (Lipinski definition) is 0. The van der Waals surface area contributed by atoms with Crippen LogP contribution in [0.5, 0.6) is 0 Å². The summed E-state index contributed by atoms with van der Waals surface area (Å²) in [6, 6.07) is 9.34. The number of nitriles is 1. The third-order valence-electron chi connectivity index (χ3n) is 4.66. The van der Waals surface area contributed by atoms with E-state index in [1.807, 2.05) is 0 Å². The van der Waals surface area contributed by atoms with Crippen LogP contribution in [0.15, 0.2) is 47.0 Å². The summed E-state index contributed by atoms with van der Waals surface area (Å²) in [6.07, 6.45) is -0.746. The van der Waals surface area contributed by atoms with E-state index in [4.69, 9.17) is 20.9 Å². The summed E-state index contributed by atoms with van der Waals surface area (Å²) in [5, 5.41) is 10.6. The van der Waals surface area contributed by atoms with Gasteiger partial charge in [0.1, 0.15) is 20.1 Å². The van der Waals surface area contributed by atoms with Crippen molar-refractivity contribution in [1.82, 2.24) is 0 Å². The zero-order valence-electron chi connectivity index (χ0n) is 26.7. The largest absolute Gasteiger partial charge is 0.455 e.